The molecule has 0 amide bonds. The Morgan fingerprint density at radius 2 is 1.73 bits per heavy atom. The highest BCUT2D eigenvalue weighted by molar-refractivity contribution is 8.01. The second-order valence-electron chi connectivity index (χ2n) is 3.66. The van der Waals surface area contributed by atoms with Gasteiger partial charge >= 0.3 is 0 Å². The Kier molecular flexibility index (Phi) is 13.3. The van der Waals surface area contributed by atoms with Crippen molar-refractivity contribution in [3.63, 3.8) is 0 Å². The Morgan fingerprint density at radius 3 is 2.40 bits per heavy atom. The molecule has 0 saturated heterocycles. The monoisotopic (exact) mass is 224 g/mol. The van der Waals surface area contributed by atoms with Crippen molar-refractivity contribution in [2.45, 2.75) is 58.3 Å². The van der Waals surface area contributed by atoms with Crippen LogP contribution in [0.2, 0.25) is 0 Å². The van der Waals surface area contributed by atoms with Crippen molar-refractivity contribution in [1.82, 2.24) is 0 Å². The molecule has 0 aliphatic rings. The lowest BCUT2D eigenvalue weighted by molar-refractivity contribution is 0.679. The van der Waals surface area contributed by atoms with Gasteiger partial charge in [0, 0.05) is 12.8 Å². The SMILES string of the molecule is CCCCCCC#CCCC/C=C/SC. The predicted octanol–water partition coefficient (Wildman–Crippen LogP) is 5.01. The maximum Gasteiger partial charge on any atom is 0.00916 e. The quantitative estimate of drug-likeness (QED) is 0.412. The van der Waals surface area contributed by atoms with Crippen LogP contribution in [0.1, 0.15) is 58.3 Å². The standard InChI is InChI=1S/C14H24S/c1-3-4-5-6-7-8-9-10-11-12-13-14-15-2/h13-14H,3-7,10-12H2,1-2H3/b14-13+. The van der Waals surface area contributed by atoms with Crippen molar-refractivity contribution in [3.05, 3.63) is 11.5 Å². The molecule has 0 heterocycles. The van der Waals surface area contributed by atoms with E-state index in [2.05, 4.69) is 36.5 Å². The highest BCUT2D eigenvalue weighted by Crippen LogP contribution is 2.02. The van der Waals surface area contributed by atoms with Gasteiger partial charge in [-0.15, -0.1) is 23.6 Å². The molecule has 0 bridgehead atoms. The third-order valence-corrected chi connectivity index (χ3v) is 2.65. The number of hydrogen-bond donors (Lipinski definition) is 0. The van der Waals surface area contributed by atoms with Gasteiger partial charge in [0.2, 0.25) is 0 Å². The molecular weight excluding hydrogens is 200 g/mol. The molecule has 0 aliphatic carbocycles. The normalized spacial score (nSPS) is 10.3. The number of unbranched alkanes of at least 4 members (excludes halogenated alkanes) is 6. The molecule has 0 aromatic heterocycles. The fraction of sp³-hybridized carbons (Fsp3) is 0.714. The lowest BCUT2D eigenvalue weighted by Gasteiger charge is -1.92. The van der Waals surface area contributed by atoms with Crippen LogP contribution >= 0.6 is 11.8 Å². The summed E-state index contributed by atoms with van der Waals surface area (Å²) in [6, 6.07) is 0. The van der Waals surface area contributed by atoms with Crippen LogP contribution in [0.15, 0.2) is 11.5 Å². The maximum absolute atomic E-state index is 3.26. The van der Waals surface area contributed by atoms with Gasteiger partial charge in [-0.1, -0.05) is 32.3 Å². The molecule has 0 N–H and O–H groups in total. The van der Waals surface area contributed by atoms with Crippen molar-refractivity contribution in [2.75, 3.05) is 6.26 Å². The van der Waals surface area contributed by atoms with Gasteiger partial charge in [-0.3, -0.25) is 0 Å². The van der Waals surface area contributed by atoms with Gasteiger partial charge in [-0.25, -0.2) is 0 Å². The summed E-state index contributed by atoms with van der Waals surface area (Å²) in [7, 11) is 0. The molecule has 0 spiro atoms. The zero-order valence-electron chi connectivity index (χ0n) is 10.2. The van der Waals surface area contributed by atoms with E-state index in [9.17, 15) is 0 Å². The summed E-state index contributed by atoms with van der Waals surface area (Å²) in [5, 5.41) is 2.15. The van der Waals surface area contributed by atoms with E-state index in [-0.39, 0.29) is 0 Å². The van der Waals surface area contributed by atoms with Crippen molar-refractivity contribution < 1.29 is 0 Å². The third-order valence-electron chi connectivity index (χ3n) is 2.19. The summed E-state index contributed by atoms with van der Waals surface area (Å²) >= 11 is 1.76. The molecule has 0 saturated carbocycles. The van der Waals surface area contributed by atoms with Crippen LogP contribution in [-0.2, 0) is 0 Å². The molecule has 0 nitrogen and oxygen atoms in total. The Hall–Kier alpha value is -0.350. The molecule has 0 rings (SSSR count). The van der Waals surface area contributed by atoms with Crippen molar-refractivity contribution in [1.29, 1.82) is 0 Å². The topological polar surface area (TPSA) is 0 Å². The first-order valence-electron chi connectivity index (χ1n) is 6.05. The third kappa shape index (κ3) is 13.7. The van der Waals surface area contributed by atoms with Crippen LogP contribution < -0.4 is 0 Å². The smallest absolute Gasteiger partial charge is 0.00916 e. The molecular formula is C14H24S. The van der Waals surface area contributed by atoms with E-state index in [1.165, 1.54) is 38.5 Å². The average Bonchev–Trinajstić information content (AvgIpc) is 2.26. The molecule has 1 heteroatoms. The highest BCUT2D eigenvalue weighted by atomic mass is 32.2. The lowest BCUT2D eigenvalue weighted by Crippen LogP contribution is -1.74. The Bertz CT molecular complexity index is 195. The van der Waals surface area contributed by atoms with E-state index in [1.807, 2.05) is 0 Å². The summed E-state index contributed by atoms with van der Waals surface area (Å²) < 4.78 is 0. The summed E-state index contributed by atoms with van der Waals surface area (Å²) in [5.74, 6) is 6.50. The zero-order chi connectivity index (χ0) is 11.2. The van der Waals surface area contributed by atoms with Gasteiger partial charge < -0.3 is 0 Å². The molecule has 15 heavy (non-hydrogen) atoms. The van der Waals surface area contributed by atoms with Crippen LogP contribution in [0.5, 0.6) is 0 Å². The van der Waals surface area contributed by atoms with E-state index >= 15 is 0 Å². The Labute approximate surface area is 99.9 Å². The largest absolute Gasteiger partial charge is 0.138 e. The minimum absolute atomic E-state index is 1.06. The van der Waals surface area contributed by atoms with E-state index in [0.29, 0.717) is 0 Å². The van der Waals surface area contributed by atoms with Gasteiger partial charge in [0.25, 0.3) is 0 Å². The number of allylic oxidation sites excluding steroid dienone is 1. The summed E-state index contributed by atoms with van der Waals surface area (Å²) in [6.45, 7) is 2.24. The molecule has 86 valence electrons. The fourth-order valence-electron chi connectivity index (χ4n) is 1.29. The number of thioether (sulfide) groups is 1. The van der Waals surface area contributed by atoms with Gasteiger partial charge in [0.15, 0.2) is 0 Å². The van der Waals surface area contributed by atoms with E-state index in [1.54, 1.807) is 11.8 Å². The molecule has 0 radical (unpaired) electrons. The number of hydrogen-bond acceptors (Lipinski definition) is 1. The minimum atomic E-state index is 1.06. The Balaban J connectivity index is 3.13. The molecule has 0 atom stereocenters. The van der Waals surface area contributed by atoms with Gasteiger partial charge in [0.1, 0.15) is 0 Å². The van der Waals surface area contributed by atoms with Crippen molar-refractivity contribution >= 4 is 11.8 Å². The van der Waals surface area contributed by atoms with Crippen molar-refractivity contribution in [3.8, 4) is 11.8 Å². The Morgan fingerprint density at radius 1 is 1.00 bits per heavy atom. The summed E-state index contributed by atoms with van der Waals surface area (Å²) in [5.41, 5.74) is 0. The van der Waals surface area contributed by atoms with Gasteiger partial charge in [-0.05, 0) is 30.9 Å². The summed E-state index contributed by atoms with van der Waals surface area (Å²) in [6.07, 6.45) is 14.2. The van der Waals surface area contributed by atoms with E-state index in [4.69, 9.17) is 0 Å². The lowest BCUT2D eigenvalue weighted by atomic mass is 10.1. The highest BCUT2D eigenvalue weighted by Gasteiger charge is 1.84. The predicted molar refractivity (Wildman–Crippen MR) is 73.0 cm³/mol. The second kappa shape index (κ2) is 13.7. The number of rotatable bonds is 8. The zero-order valence-corrected chi connectivity index (χ0v) is 11.0. The van der Waals surface area contributed by atoms with Crippen LogP contribution in [0, 0.1) is 11.8 Å². The van der Waals surface area contributed by atoms with E-state index < -0.39 is 0 Å². The molecule has 0 aliphatic heterocycles. The molecule has 0 fully saturated rings. The van der Waals surface area contributed by atoms with Crippen molar-refractivity contribution in [2.24, 2.45) is 0 Å². The average molecular weight is 224 g/mol. The van der Waals surface area contributed by atoms with Crippen LogP contribution in [-0.4, -0.2) is 6.26 Å². The maximum atomic E-state index is 3.26. The molecule has 0 aromatic carbocycles. The van der Waals surface area contributed by atoms with E-state index in [0.717, 1.165) is 12.8 Å². The first-order valence-corrected chi connectivity index (χ1v) is 7.34. The molecule has 0 aromatic rings. The first-order chi connectivity index (χ1) is 7.41. The van der Waals surface area contributed by atoms with Crippen LogP contribution in [0.3, 0.4) is 0 Å². The summed E-state index contributed by atoms with van der Waals surface area (Å²) in [4.78, 5) is 0. The van der Waals surface area contributed by atoms with Crippen LogP contribution in [0.25, 0.3) is 0 Å². The second-order valence-corrected chi connectivity index (χ2v) is 4.41. The first kappa shape index (κ1) is 14.6. The van der Waals surface area contributed by atoms with Crippen LogP contribution in [0.4, 0.5) is 0 Å². The molecule has 0 unspecified atom stereocenters. The van der Waals surface area contributed by atoms with Gasteiger partial charge in [-0.2, -0.15) is 0 Å². The van der Waals surface area contributed by atoms with Gasteiger partial charge in [0.05, 0.1) is 0 Å². The minimum Gasteiger partial charge on any atom is -0.138 e. The fourth-order valence-corrected chi connectivity index (χ4v) is 1.62.